The highest BCUT2D eigenvalue weighted by atomic mass is 16.1. The first-order valence-corrected chi connectivity index (χ1v) is 7.71. The molecule has 0 fully saturated rings. The molecule has 0 bridgehead atoms. The van der Waals surface area contributed by atoms with Gasteiger partial charge in [-0.2, -0.15) is 0 Å². The summed E-state index contributed by atoms with van der Waals surface area (Å²) in [6.45, 7) is 1.97. The number of nitrogens with one attached hydrogen (secondary N) is 2. The molecule has 4 rings (SSSR count). The minimum absolute atomic E-state index is 0.0899. The monoisotopic (exact) mass is 316 g/mol. The Kier molecular flexibility index (Phi) is 3.39. The van der Waals surface area contributed by atoms with Crippen molar-refractivity contribution in [3.05, 3.63) is 82.9 Å². The predicted molar refractivity (Wildman–Crippen MR) is 96.2 cm³/mol. The molecule has 4 aromatic rings. The van der Waals surface area contributed by atoms with E-state index < -0.39 is 0 Å². The highest BCUT2D eigenvalue weighted by molar-refractivity contribution is 5.80. The second kappa shape index (κ2) is 5.70. The normalized spacial score (nSPS) is 10.9. The van der Waals surface area contributed by atoms with E-state index in [1.54, 1.807) is 4.57 Å². The Morgan fingerprint density at radius 3 is 2.67 bits per heavy atom. The van der Waals surface area contributed by atoms with Crippen molar-refractivity contribution in [3.63, 3.8) is 0 Å². The summed E-state index contributed by atoms with van der Waals surface area (Å²) < 4.78 is 1.61. The van der Waals surface area contributed by atoms with Gasteiger partial charge in [0.1, 0.15) is 0 Å². The lowest BCUT2D eigenvalue weighted by molar-refractivity contribution is 0.974. The van der Waals surface area contributed by atoms with Crippen LogP contribution in [0.2, 0.25) is 0 Å². The van der Waals surface area contributed by atoms with Gasteiger partial charge in [0.05, 0.1) is 22.3 Å². The zero-order valence-corrected chi connectivity index (χ0v) is 13.2. The molecule has 24 heavy (non-hydrogen) atoms. The lowest BCUT2D eigenvalue weighted by atomic mass is 10.1. The third-order valence-electron chi connectivity index (χ3n) is 3.89. The fourth-order valence-electron chi connectivity index (χ4n) is 2.73. The van der Waals surface area contributed by atoms with Crippen molar-refractivity contribution in [2.75, 3.05) is 5.32 Å². The quantitative estimate of drug-likeness (QED) is 0.605. The van der Waals surface area contributed by atoms with Crippen molar-refractivity contribution in [1.82, 2.24) is 14.5 Å². The van der Waals surface area contributed by atoms with E-state index in [0.717, 1.165) is 16.9 Å². The minimum Gasteiger partial charge on any atom is -0.366 e. The number of aryl methyl sites for hydroxylation is 1. The Labute approximate surface area is 138 Å². The van der Waals surface area contributed by atoms with Crippen LogP contribution in [0.4, 0.5) is 11.6 Å². The zero-order valence-electron chi connectivity index (χ0n) is 13.2. The molecule has 5 heteroatoms. The standard InChI is InChI=1S/C19H16N4O/c1-13-7-8-17-16(11-13)18(24)23(15-5-3-2-4-6-15)19(22-17)21-14-9-10-20-12-14/h2-12,20H,1H3,(H,21,22). The van der Waals surface area contributed by atoms with Crippen molar-refractivity contribution in [3.8, 4) is 5.69 Å². The van der Waals surface area contributed by atoms with Crippen molar-refractivity contribution < 1.29 is 0 Å². The summed E-state index contributed by atoms with van der Waals surface area (Å²) in [6, 6.07) is 17.1. The molecule has 0 aliphatic heterocycles. The zero-order chi connectivity index (χ0) is 16.5. The first kappa shape index (κ1) is 14.3. The molecule has 0 aliphatic carbocycles. The van der Waals surface area contributed by atoms with Crippen LogP contribution in [0.25, 0.3) is 16.6 Å². The molecule has 0 saturated carbocycles. The van der Waals surface area contributed by atoms with Crippen molar-refractivity contribution in [2.45, 2.75) is 6.92 Å². The van der Waals surface area contributed by atoms with E-state index in [1.807, 2.05) is 73.9 Å². The van der Waals surface area contributed by atoms with Crippen LogP contribution < -0.4 is 10.9 Å². The van der Waals surface area contributed by atoms with Gasteiger partial charge in [-0.25, -0.2) is 9.55 Å². The first-order valence-electron chi connectivity index (χ1n) is 7.71. The third-order valence-corrected chi connectivity index (χ3v) is 3.89. The summed E-state index contributed by atoms with van der Waals surface area (Å²) in [5.41, 5.74) is 3.24. The van der Waals surface area contributed by atoms with Gasteiger partial charge in [-0.1, -0.05) is 29.8 Å². The number of hydrogen-bond donors (Lipinski definition) is 2. The Hall–Kier alpha value is -3.34. The van der Waals surface area contributed by atoms with Crippen LogP contribution in [-0.4, -0.2) is 14.5 Å². The van der Waals surface area contributed by atoms with E-state index in [1.165, 1.54) is 0 Å². The number of fused-ring (bicyclic) bond motifs is 1. The molecule has 0 aliphatic rings. The smallest absolute Gasteiger partial charge is 0.267 e. The maximum Gasteiger partial charge on any atom is 0.267 e. The van der Waals surface area contributed by atoms with E-state index in [4.69, 9.17) is 0 Å². The lowest BCUT2D eigenvalue weighted by Crippen LogP contribution is -2.22. The van der Waals surface area contributed by atoms with E-state index in [0.29, 0.717) is 16.9 Å². The highest BCUT2D eigenvalue weighted by Gasteiger charge is 2.13. The number of aromatic nitrogens is 3. The largest absolute Gasteiger partial charge is 0.366 e. The van der Waals surface area contributed by atoms with Crippen molar-refractivity contribution in [1.29, 1.82) is 0 Å². The number of aromatic amines is 1. The average Bonchev–Trinajstić information content (AvgIpc) is 3.10. The number of H-pyrrole nitrogens is 1. The molecule has 2 aromatic carbocycles. The number of benzene rings is 2. The van der Waals surface area contributed by atoms with E-state index >= 15 is 0 Å². The van der Waals surface area contributed by atoms with Gasteiger partial charge in [-0.15, -0.1) is 0 Å². The average molecular weight is 316 g/mol. The summed E-state index contributed by atoms with van der Waals surface area (Å²) >= 11 is 0. The van der Waals surface area contributed by atoms with Gasteiger partial charge in [0.2, 0.25) is 5.95 Å². The Bertz CT molecular complexity index is 1050. The van der Waals surface area contributed by atoms with Gasteiger partial charge in [-0.05, 0) is 37.3 Å². The van der Waals surface area contributed by atoms with E-state index in [9.17, 15) is 4.79 Å². The van der Waals surface area contributed by atoms with Gasteiger partial charge in [0.25, 0.3) is 5.56 Å². The SMILES string of the molecule is Cc1ccc2nc(Nc3cc[nH]c3)n(-c3ccccc3)c(=O)c2c1. The first-order chi connectivity index (χ1) is 11.7. The molecule has 0 unspecified atom stereocenters. The van der Waals surface area contributed by atoms with Crippen molar-refractivity contribution >= 4 is 22.5 Å². The molecular weight excluding hydrogens is 300 g/mol. The second-order valence-electron chi connectivity index (χ2n) is 5.66. The van der Waals surface area contributed by atoms with Crippen LogP contribution in [0.15, 0.2) is 71.8 Å². The van der Waals surface area contributed by atoms with Crippen LogP contribution in [0.5, 0.6) is 0 Å². The number of nitrogens with zero attached hydrogens (tertiary/aromatic N) is 2. The van der Waals surface area contributed by atoms with Crippen molar-refractivity contribution in [2.24, 2.45) is 0 Å². The van der Waals surface area contributed by atoms with Gasteiger partial charge in [0, 0.05) is 12.4 Å². The number of rotatable bonds is 3. The topological polar surface area (TPSA) is 62.7 Å². The fourth-order valence-corrected chi connectivity index (χ4v) is 2.73. The maximum absolute atomic E-state index is 13.1. The molecule has 0 atom stereocenters. The Morgan fingerprint density at radius 2 is 1.92 bits per heavy atom. The molecule has 0 saturated heterocycles. The number of anilines is 2. The molecule has 2 N–H and O–H groups in total. The molecule has 5 nitrogen and oxygen atoms in total. The molecular formula is C19H16N4O. The van der Waals surface area contributed by atoms with E-state index in [2.05, 4.69) is 15.3 Å². The minimum atomic E-state index is -0.0899. The summed E-state index contributed by atoms with van der Waals surface area (Å²) in [5.74, 6) is 0.488. The van der Waals surface area contributed by atoms with Gasteiger partial charge in [0.15, 0.2) is 0 Å². The lowest BCUT2D eigenvalue weighted by Gasteiger charge is -2.14. The fraction of sp³-hybridized carbons (Fsp3) is 0.0526. The predicted octanol–water partition coefficient (Wildman–Crippen LogP) is 3.77. The van der Waals surface area contributed by atoms with Gasteiger partial charge >= 0.3 is 0 Å². The van der Waals surface area contributed by atoms with Crippen LogP contribution >= 0.6 is 0 Å². The third kappa shape index (κ3) is 2.46. The summed E-state index contributed by atoms with van der Waals surface area (Å²) in [6.07, 6.45) is 3.64. The van der Waals surface area contributed by atoms with Gasteiger partial charge < -0.3 is 10.3 Å². The van der Waals surface area contributed by atoms with Crippen LogP contribution in [0, 0.1) is 6.92 Å². The summed E-state index contributed by atoms with van der Waals surface area (Å²) in [4.78, 5) is 20.8. The molecule has 2 heterocycles. The molecule has 0 amide bonds. The molecule has 0 radical (unpaired) electrons. The maximum atomic E-state index is 13.1. The van der Waals surface area contributed by atoms with Crippen LogP contribution in [0.1, 0.15) is 5.56 Å². The summed E-state index contributed by atoms with van der Waals surface area (Å²) in [7, 11) is 0. The Morgan fingerprint density at radius 1 is 1.08 bits per heavy atom. The molecule has 118 valence electrons. The highest BCUT2D eigenvalue weighted by Crippen LogP contribution is 2.20. The number of hydrogen-bond acceptors (Lipinski definition) is 3. The van der Waals surface area contributed by atoms with E-state index in [-0.39, 0.29) is 5.56 Å². The van der Waals surface area contributed by atoms with Crippen LogP contribution in [-0.2, 0) is 0 Å². The molecule has 0 spiro atoms. The van der Waals surface area contributed by atoms with Gasteiger partial charge in [-0.3, -0.25) is 4.79 Å². The number of para-hydroxylation sites is 1. The van der Waals surface area contributed by atoms with Crippen LogP contribution in [0.3, 0.4) is 0 Å². The second-order valence-corrected chi connectivity index (χ2v) is 5.66. The molecule has 2 aromatic heterocycles. The summed E-state index contributed by atoms with van der Waals surface area (Å²) in [5, 5.41) is 3.83. The Balaban J connectivity index is 2.01.